The highest BCUT2D eigenvalue weighted by Crippen LogP contribution is 2.22. The maximum Gasteiger partial charge on any atom is 0.255 e. The first kappa shape index (κ1) is 18.1. The summed E-state index contributed by atoms with van der Waals surface area (Å²) in [5.74, 6) is -0.187. The first-order valence-corrected chi connectivity index (χ1v) is 8.75. The number of hydrogen-bond acceptors (Lipinski definition) is 3. The Morgan fingerprint density at radius 3 is 2.23 bits per heavy atom. The van der Waals surface area contributed by atoms with Crippen LogP contribution in [0.3, 0.4) is 0 Å². The van der Waals surface area contributed by atoms with Crippen molar-refractivity contribution in [2.45, 2.75) is 26.3 Å². The van der Waals surface area contributed by atoms with Crippen molar-refractivity contribution in [2.24, 2.45) is 0 Å². The molecule has 1 heterocycles. The zero-order valence-electron chi connectivity index (χ0n) is 15.4. The predicted molar refractivity (Wildman–Crippen MR) is 102 cm³/mol. The van der Waals surface area contributed by atoms with Crippen LogP contribution < -0.4 is 5.32 Å². The van der Waals surface area contributed by atoms with Gasteiger partial charge in [-0.2, -0.15) is 0 Å². The Morgan fingerprint density at radius 2 is 1.62 bits per heavy atom. The molecule has 26 heavy (non-hydrogen) atoms. The van der Waals surface area contributed by atoms with E-state index in [2.05, 4.69) is 5.32 Å². The maximum atomic E-state index is 12.8. The molecule has 1 N–H and O–H groups in total. The summed E-state index contributed by atoms with van der Waals surface area (Å²) < 4.78 is 5.47. The number of nitrogens with one attached hydrogen (secondary N) is 1. The molecule has 136 valence electrons. The number of carbonyl (C=O) groups is 2. The SMILES string of the molecule is Cc1ccc(C(=O)Nc2ccc(C(=O)N3CCOCC3(C)C)cc2)cc1. The standard InChI is InChI=1S/C21H24N2O3/c1-15-4-6-16(7-5-15)19(24)22-18-10-8-17(9-11-18)20(25)23-12-13-26-14-21(23,2)3/h4-11H,12-14H2,1-3H3,(H,22,24). The van der Waals surface area contributed by atoms with Crippen molar-refractivity contribution < 1.29 is 14.3 Å². The van der Waals surface area contributed by atoms with Crippen molar-refractivity contribution in [3.63, 3.8) is 0 Å². The van der Waals surface area contributed by atoms with E-state index in [4.69, 9.17) is 4.74 Å². The number of aryl methyl sites for hydroxylation is 1. The molecule has 0 unspecified atom stereocenters. The fourth-order valence-electron chi connectivity index (χ4n) is 2.99. The Balaban J connectivity index is 1.69. The Morgan fingerprint density at radius 1 is 1.00 bits per heavy atom. The second kappa shape index (κ2) is 7.30. The summed E-state index contributed by atoms with van der Waals surface area (Å²) in [5, 5.41) is 2.86. The van der Waals surface area contributed by atoms with Gasteiger partial charge in [0.1, 0.15) is 0 Å². The Kier molecular flexibility index (Phi) is 5.09. The van der Waals surface area contributed by atoms with E-state index in [0.717, 1.165) is 5.56 Å². The monoisotopic (exact) mass is 352 g/mol. The minimum absolute atomic E-state index is 0.0188. The van der Waals surface area contributed by atoms with Crippen molar-refractivity contribution in [3.8, 4) is 0 Å². The van der Waals surface area contributed by atoms with Crippen LogP contribution in [0.4, 0.5) is 5.69 Å². The first-order valence-electron chi connectivity index (χ1n) is 8.75. The fourth-order valence-corrected chi connectivity index (χ4v) is 2.99. The average molecular weight is 352 g/mol. The molecule has 1 fully saturated rings. The van der Waals surface area contributed by atoms with Gasteiger partial charge in [0, 0.05) is 23.4 Å². The van der Waals surface area contributed by atoms with Crippen LogP contribution in [0.15, 0.2) is 48.5 Å². The summed E-state index contributed by atoms with van der Waals surface area (Å²) in [6, 6.07) is 14.4. The van der Waals surface area contributed by atoms with E-state index in [1.54, 1.807) is 36.4 Å². The number of carbonyl (C=O) groups excluding carboxylic acids is 2. The molecule has 1 aliphatic rings. The molecule has 0 bridgehead atoms. The lowest BCUT2D eigenvalue weighted by atomic mass is 10.0. The quantitative estimate of drug-likeness (QED) is 0.920. The average Bonchev–Trinajstić information content (AvgIpc) is 2.62. The summed E-state index contributed by atoms with van der Waals surface area (Å²) in [7, 11) is 0. The molecule has 5 heteroatoms. The van der Waals surface area contributed by atoms with Gasteiger partial charge >= 0.3 is 0 Å². The lowest BCUT2D eigenvalue weighted by Crippen LogP contribution is -2.55. The van der Waals surface area contributed by atoms with E-state index < -0.39 is 0 Å². The smallest absolute Gasteiger partial charge is 0.255 e. The molecule has 1 saturated heterocycles. The van der Waals surface area contributed by atoms with Gasteiger partial charge in [0.25, 0.3) is 11.8 Å². The molecular weight excluding hydrogens is 328 g/mol. The number of morpholine rings is 1. The van der Waals surface area contributed by atoms with Crippen molar-refractivity contribution in [3.05, 3.63) is 65.2 Å². The van der Waals surface area contributed by atoms with E-state index in [1.165, 1.54) is 0 Å². The third-order valence-corrected chi connectivity index (χ3v) is 4.59. The third-order valence-electron chi connectivity index (χ3n) is 4.59. The van der Waals surface area contributed by atoms with Crippen molar-refractivity contribution in [1.82, 2.24) is 4.90 Å². The zero-order chi connectivity index (χ0) is 18.7. The maximum absolute atomic E-state index is 12.8. The van der Waals surface area contributed by atoms with Crippen LogP contribution >= 0.6 is 0 Å². The molecule has 5 nitrogen and oxygen atoms in total. The number of anilines is 1. The van der Waals surface area contributed by atoms with Gasteiger partial charge in [-0.1, -0.05) is 17.7 Å². The molecule has 2 amide bonds. The minimum atomic E-state index is -0.326. The topological polar surface area (TPSA) is 58.6 Å². The van der Waals surface area contributed by atoms with Gasteiger partial charge < -0.3 is 15.0 Å². The molecule has 3 rings (SSSR count). The lowest BCUT2D eigenvalue weighted by molar-refractivity contribution is -0.0370. The second-order valence-corrected chi connectivity index (χ2v) is 7.22. The van der Waals surface area contributed by atoms with Gasteiger partial charge in [-0.3, -0.25) is 9.59 Å². The molecule has 0 atom stereocenters. The number of rotatable bonds is 3. The van der Waals surface area contributed by atoms with Gasteiger partial charge in [-0.05, 0) is 57.2 Å². The molecule has 0 aromatic heterocycles. The van der Waals surface area contributed by atoms with E-state index in [9.17, 15) is 9.59 Å². The molecule has 0 spiro atoms. The van der Waals surface area contributed by atoms with E-state index >= 15 is 0 Å². The fraction of sp³-hybridized carbons (Fsp3) is 0.333. The molecule has 1 aliphatic heterocycles. The number of hydrogen-bond donors (Lipinski definition) is 1. The second-order valence-electron chi connectivity index (χ2n) is 7.22. The van der Waals surface area contributed by atoms with E-state index in [1.807, 2.05) is 37.8 Å². The van der Waals surface area contributed by atoms with Crippen LogP contribution in [-0.4, -0.2) is 42.0 Å². The van der Waals surface area contributed by atoms with Gasteiger partial charge in [0.2, 0.25) is 0 Å². The van der Waals surface area contributed by atoms with E-state index in [-0.39, 0.29) is 17.4 Å². The molecular formula is C21H24N2O3. The predicted octanol–water partition coefficient (Wildman–Crippen LogP) is 3.50. The van der Waals surface area contributed by atoms with Gasteiger partial charge in [0.05, 0.1) is 18.8 Å². The van der Waals surface area contributed by atoms with Crippen molar-refractivity contribution >= 4 is 17.5 Å². The number of nitrogens with zero attached hydrogens (tertiary/aromatic N) is 1. The molecule has 2 aromatic rings. The first-order chi connectivity index (χ1) is 12.4. The van der Waals surface area contributed by atoms with Gasteiger partial charge in [0.15, 0.2) is 0 Å². The van der Waals surface area contributed by atoms with Gasteiger partial charge in [-0.15, -0.1) is 0 Å². The van der Waals surface area contributed by atoms with Crippen LogP contribution in [0.25, 0.3) is 0 Å². The van der Waals surface area contributed by atoms with Crippen molar-refractivity contribution in [2.75, 3.05) is 25.1 Å². The van der Waals surface area contributed by atoms with Crippen LogP contribution in [-0.2, 0) is 4.74 Å². The highest BCUT2D eigenvalue weighted by Gasteiger charge is 2.34. The highest BCUT2D eigenvalue weighted by molar-refractivity contribution is 6.04. The highest BCUT2D eigenvalue weighted by atomic mass is 16.5. The third kappa shape index (κ3) is 3.94. The van der Waals surface area contributed by atoms with Crippen LogP contribution in [0.1, 0.15) is 40.1 Å². The Bertz CT molecular complexity index is 795. The summed E-state index contributed by atoms with van der Waals surface area (Å²) in [5.41, 5.74) is 2.65. The molecule has 0 radical (unpaired) electrons. The Hall–Kier alpha value is -2.66. The summed E-state index contributed by atoms with van der Waals surface area (Å²) in [6.07, 6.45) is 0. The van der Waals surface area contributed by atoms with Crippen molar-refractivity contribution in [1.29, 1.82) is 0 Å². The molecule has 0 aliphatic carbocycles. The van der Waals surface area contributed by atoms with Crippen LogP contribution in [0, 0.1) is 6.92 Å². The summed E-state index contributed by atoms with van der Waals surface area (Å²) in [4.78, 5) is 26.9. The number of ether oxygens (including phenoxy) is 1. The Labute approximate surface area is 154 Å². The van der Waals surface area contributed by atoms with Crippen LogP contribution in [0.2, 0.25) is 0 Å². The normalized spacial score (nSPS) is 16.2. The molecule has 2 aromatic carbocycles. The lowest BCUT2D eigenvalue weighted by Gasteiger charge is -2.42. The largest absolute Gasteiger partial charge is 0.377 e. The number of amides is 2. The van der Waals surface area contributed by atoms with Gasteiger partial charge in [-0.25, -0.2) is 0 Å². The zero-order valence-corrected chi connectivity index (χ0v) is 15.4. The summed E-state index contributed by atoms with van der Waals surface area (Å²) >= 11 is 0. The molecule has 0 saturated carbocycles. The van der Waals surface area contributed by atoms with E-state index in [0.29, 0.717) is 36.6 Å². The number of benzene rings is 2. The van der Waals surface area contributed by atoms with Crippen LogP contribution in [0.5, 0.6) is 0 Å². The summed E-state index contributed by atoms with van der Waals surface area (Å²) in [6.45, 7) is 7.65. The minimum Gasteiger partial charge on any atom is -0.377 e.